The Hall–Kier alpha value is -0.770. The average molecular weight is 312 g/mol. The second-order valence-electron chi connectivity index (χ2n) is 5.76. The first-order valence-electron chi connectivity index (χ1n) is 7.79. The van der Waals surface area contributed by atoms with Crippen LogP contribution < -0.4 is 10.1 Å². The molecule has 1 aromatic carbocycles. The molecule has 1 N–H and O–H groups in total. The van der Waals surface area contributed by atoms with Crippen molar-refractivity contribution in [2.75, 3.05) is 20.8 Å². The molecule has 1 saturated carbocycles. The van der Waals surface area contributed by atoms with Crippen molar-refractivity contribution in [3.05, 3.63) is 28.8 Å². The summed E-state index contributed by atoms with van der Waals surface area (Å²) in [6.07, 6.45) is 5.73. The van der Waals surface area contributed by atoms with Crippen LogP contribution in [0.3, 0.4) is 0 Å². The maximum absolute atomic E-state index is 6.16. The first-order valence-corrected chi connectivity index (χ1v) is 8.16. The summed E-state index contributed by atoms with van der Waals surface area (Å²) in [6, 6.07) is 6.21. The molecule has 3 nitrogen and oxygen atoms in total. The number of hydrogen-bond donors (Lipinski definition) is 1. The van der Waals surface area contributed by atoms with Gasteiger partial charge in [0, 0.05) is 7.11 Å². The number of nitrogens with one attached hydrogen (secondary N) is 1. The molecular formula is C17H26ClNO2. The molecule has 4 heteroatoms. The summed E-state index contributed by atoms with van der Waals surface area (Å²) in [5.74, 6) is 0.724. The lowest BCUT2D eigenvalue weighted by Gasteiger charge is -2.37. The summed E-state index contributed by atoms with van der Waals surface area (Å²) in [5.41, 5.74) is 1.07. The van der Waals surface area contributed by atoms with E-state index >= 15 is 0 Å². The minimum atomic E-state index is -0.117. The Morgan fingerprint density at radius 1 is 1.29 bits per heavy atom. The average Bonchev–Trinajstić information content (AvgIpc) is 2.99. The molecule has 0 spiro atoms. The van der Waals surface area contributed by atoms with Crippen LogP contribution in [0.1, 0.15) is 50.6 Å². The first kappa shape index (κ1) is 16.6. The molecular weight excluding hydrogens is 286 g/mol. The molecule has 1 aliphatic carbocycles. The van der Waals surface area contributed by atoms with E-state index in [0.29, 0.717) is 5.02 Å². The van der Waals surface area contributed by atoms with E-state index in [1.165, 1.54) is 18.4 Å². The fraction of sp³-hybridized carbons (Fsp3) is 0.647. The lowest BCUT2D eigenvalue weighted by molar-refractivity contribution is -0.0367. The Balaban J connectivity index is 2.35. The monoisotopic (exact) mass is 311 g/mol. The molecule has 1 aliphatic rings. The van der Waals surface area contributed by atoms with Crippen molar-refractivity contribution >= 4 is 11.6 Å². The molecule has 0 amide bonds. The van der Waals surface area contributed by atoms with E-state index < -0.39 is 0 Å². The molecule has 2 rings (SSSR count). The van der Waals surface area contributed by atoms with Gasteiger partial charge in [0.25, 0.3) is 0 Å². The molecule has 0 bridgehead atoms. The Labute approximate surface area is 133 Å². The molecule has 1 atom stereocenters. The van der Waals surface area contributed by atoms with Crippen LogP contribution >= 0.6 is 11.6 Å². The van der Waals surface area contributed by atoms with Crippen LogP contribution in [0.5, 0.6) is 5.75 Å². The SMILES string of the molecule is CCCNC(c1ccc(Cl)c(OC)c1)C1(OC)CCCC1. The zero-order valence-corrected chi connectivity index (χ0v) is 14.0. The van der Waals surface area contributed by atoms with E-state index in [1.54, 1.807) is 7.11 Å². The van der Waals surface area contributed by atoms with Crippen LogP contribution in [-0.4, -0.2) is 26.4 Å². The number of methoxy groups -OCH3 is 2. The van der Waals surface area contributed by atoms with E-state index in [0.717, 1.165) is 31.6 Å². The summed E-state index contributed by atoms with van der Waals surface area (Å²) in [5, 5.41) is 4.31. The van der Waals surface area contributed by atoms with E-state index in [9.17, 15) is 0 Å². The topological polar surface area (TPSA) is 30.5 Å². The van der Waals surface area contributed by atoms with Crippen molar-refractivity contribution in [2.45, 2.75) is 50.7 Å². The Morgan fingerprint density at radius 3 is 2.57 bits per heavy atom. The molecule has 21 heavy (non-hydrogen) atoms. The van der Waals surface area contributed by atoms with Gasteiger partial charge in [-0.15, -0.1) is 0 Å². The minimum absolute atomic E-state index is 0.117. The van der Waals surface area contributed by atoms with Crippen LogP contribution in [0.4, 0.5) is 0 Å². The molecule has 0 heterocycles. The smallest absolute Gasteiger partial charge is 0.137 e. The number of rotatable bonds is 7. The van der Waals surface area contributed by atoms with Gasteiger partial charge < -0.3 is 14.8 Å². The standard InChI is InChI=1S/C17H26ClNO2/c1-4-11-19-16(17(21-3)9-5-6-10-17)13-7-8-14(18)15(12-13)20-2/h7-8,12,16,19H,4-6,9-11H2,1-3H3. The normalized spacial score (nSPS) is 18.7. The highest BCUT2D eigenvalue weighted by Gasteiger charge is 2.42. The highest BCUT2D eigenvalue weighted by atomic mass is 35.5. The molecule has 0 radical (unpaired) electrons. The molecule has 1 aromatic rings. The third-order valence-corrected chi connectivity index (χ3v) is 4.80. The van der Waals surface area contributed by atoms with Crippen LogP contribution in [-0.2, 0) is 4.74 Å². The van der Waals surface area contributed by atoms with Gasteiger partial charge in [0.2, 0.25) is 0 Å². The summed E-state index contributed by atoms with van der Waals surface area (Å²) in [6.45, 7) is 3.15. The predicted molar refractivity (Wildman–Crippen MR) is 87.2 cm³/mol. The zero-order valence-electron chi connectivity index (χ0n) is 13.2. The first-order chi connectivity index (χ1) is 10.2. The van der Waals surface area contributed by atoms with Gasteiger partial charge in [-0.1, -0.05) is 37.4 Å². The number of hydrogen-bond acceptors (Lipinski definition) is 3. The summed E-state index contributed by atoms with van der Waals surface area (Å²) in [4.78, 5) is 0. The van der Waals surface area contributed by atoms with Gasteiger partial charge in [0.15, 0.2) is 0 Å². The van der Waals surface area contributed by atoms with Gasteiger partial charge in [0.05, 0.1) is 23.8 Å². The summed E-state index contributed by atoms with van der Waals surface area (Å²) < 4.78 is 11.3. The fourth-order valence-electron chi connectivity index (χ4n) is 3.34. The number of halogens is 1. The van der Waals surface area contributed by atoms with Gasteiger partial charge >= 0.3 is 0 Å². The Kier molecular flexibility index (Phi) is 5.91. The number of ether oxygens (including phenoxy) is 2. The maximum atomic E-state index is 6.16. The number of benzene rings is 1. The highest BCUT2D eigenvalue weighted by molar-refractivity contribution is 6.32. The van der Waals surface area contributed by atoms with Crippen LogP contribution in [0.2, 0.25) is 5.02 Å². The Bertz CT molecular complexity index is 458. The second-order valence-corrected chi connectivity index (χ2v) is 6.16. The lowest BCUT2D eigenvalue weighted by Crippen LogP contribution is -2.43. The van der Waals surface area contributed by atoms with Gasteiger partial charge in [-0.05, 0) is 43.5 Å². The molecule has 0 saturated heterocycles. The van der Waals surface area contributed by atoms with E-state index in [1.807, 2.05) is 19.2 Å². The fourth-order valence-corrected chi connectivity index (χ4v) is 3.53. The third-order valence-electron chi connectivity index (χ3n) is 4.49. The van der Waals surface area contributed by atoms with Crippen LogP contribution in [0.25, 0.3) is 0 Å². The van der Waals surface area contributed by atoms with Crippen LogP contribution in [0, 0.1) is 0 Å². The van der Waals surface area contributed by atoms with Crippen LogP contribution in [0.15, 0.2) is 18.2 Å². The van der Waals surface area contributed by atoms with Gasteiger partial charge in [0.1, 0.15) is 5.75 Å². The van der Waals surface area contributed by atoms with Gasteiger partial charge in [-0.2, -0.15) is 0 Å². The summed E-state index contributed by atoms with van der Waals surface area (Å²) in [7, 11) is 3.49. The Morgan fingerprint density at radius 2 is 2.00 bits per heavy atom. The molecule has 1 unspecified atom stereocenters. The second kappa shape index (κ2) is 7.48. The van der Waals surface area contributed by atoms with Gasteiger partial charge in [-0.3, -0.25) is 0 Å². The van der Waals surface area contributed by atoms with Crippen molar-refractivity contribution < 1.29 is 9.47 Å². The van der Waals surface area contributed by atoms with Crippen molar-refractivity contribution in [1.82, 2.24) is 5.32 Å². The van der Waals surface area contributed by atoms with E-state index in [2.05, 4.69) is 18.3 Å². The highest BCUT2D eigenvalue weighted by Crippen LogP contribution is 2.43. The largest absolute Gasteiger partial charge is 0.495 e. The van der Waals surface area contributed by atoms with Crippen molar-refractivity contribution in [3.8, 4) is 5.75 Å². The van der Waals surface area contributed by atoms with E-state index in [-0.39, 0.29) is 11.6 Å². The van der Waals surface area contributed by atoms with Crippen molar-refractivity contribution in [2.24, 2.45) is 0 Å². The minimum Gasteiger partial charge on any atom is -0.495 e. The van der Waals surface area contributed by atoms with Crippen molar-refractivity contribution in [3.63, 3.8) is 0 Å². The van der Waals surface area contributed by atoms with Crippen molar-refractivity contribution in [1.29, 1.82) is 0 Å². The summed E-state index contributed by atoms with van der Waals surface area (Å²) >= 11 is 6.16. The molecule has 0 aliphatic heterocycles. The third kappa shape index (κ3) is 3.53. The molecule has 0 aromatic heterocycles. The predicted octanol–water partition coefficient (Wildman–Crippen LogP) is 4.35. The lowest BCUT2D eigenvalue weighted by atomic mass is 9.86. The maximum Gasteiger partial charge on any atom is 0.137 e. The molecule has 1 fully saturated rings. The quantitative estimate of drug-likeness (QED) is 0.812. The van der Waals surface area contributed by atoms with E-state index in [4.69, 9.17) is 21.1 Å². The zero-order chi connectivity index (χ0) is 15.3. The van der Waals surface area contributed by atoms with Gasteiger partial charge in [-0.25, -0.2) is 0 Å². The molecule has 118 valence electrons.